The predicted molar refractivity (Wildman–Crippen MR) is 111 cm³/mol. The number of halogens is 1. The summed E-state index contributed by atoms with van der Waals surface area (Å²) in [6, 6.07) is 15.3. The fraction of sp³-hybridized carbons (Fsp3) is 0.0952. The number of benzene rings is 3. The number of carbonyl (C=O) groups excluding carboxylic acids is 1. The predicted octanol–water partition coefficient (Wildman–Crippen LogP) is 3.90. The summed E-state index contributed by atoms with van der Waals surface area (Å²) in [6.07, 6.45) is 0. The summed E-state index contributed by atoms with van der Waals surface area (Å²) in [4.78, 5) is 12.5. The Hall–Kier alpha value is -3.59. The molecule has 0 aliphatic heterocycles. The molecular weight excluding hydrogens is 411 g/mol. The second-order valence-electron chi connectivity index (χ2n) is 6.16. The maximum Gasteiger partial charge on any atom is 0.261 e. The van der Waals surface area contributed by atoms with Gasteiger partial charge in [0.25, 0.3) is 15.9 Å². The van der Waals surface area contributed by atoms with Crippen molar-refractivity contribution in [2.24, 2.45) is 0 Å². The molecule has 9 heteroatoms. The fourth-order valence-corrected chi connectivity index (χ4v) is 3.74. The smallest absolute Gasteiger partial charge is 0.261 e. The first-order chi connectivity index (χ1) is 14.3. The van der Waals surface area contributed by atoms with Crippen molar-refractivity contribution in [3.8, 4) is 11.5 Å². The second kappa shape index (κ2) is 8.83. The van der Waals surface area contributed by atoms with Gasteiger partial charge in [0.15, 0.2) is 0 Å². The van der Waals surface area contributed by atoms with Crippen LogP contribution < -0.4 is 19.5 Å². The van der Waals surface area contributed by atoms with Crippen LogP contribution in [0.15, 0.2) is 71.6 Å². The molecule has 0 spiro atoms. The Labute approximate surface area is 173 Å². The molecule has 0 saturated carbocycles. The molecule has 7 nitrogen and oxygen atoms in total. The first-order valence-corrected chi connectivity index (χ1v) is 10.2. The van der Waals surface area contributed by atoms with Gasteiger partial charge < -0.3 is 14.8 Å². The van der Waals surface area contributed by atoms with E-state index in [0.29, 0.717) is 17.2 Å². The van der Waals surface area contributed by atoms with Crippen LogP contribution in [0, 0.1) is 5.82 Å². The van der Waals surface area contributed by atoms with Crippen molar-refractivity contribution in [3.63, 3.8) is 0 Å². The summed E-state index contributed by atoms with van der Waals surface area (Å²) in [7, 11) is -1.00. The Morgan fingerprint density at radius 1 is 0.933 bits per heavy atom. The molecule has 0 bridgehead atoms. The molecule has 0 heterocycles. The number of ether oxygens (including phenoxy) is 2. The van der Waals surface area contributed by atoms with Crippen LogP contribution in [-0.2, 0) is 10.0 Å². The molecule has 0 atom stereocenters. The number of anilines is 2. The van der Waals surface area contributed by atoms with Crippen molar-refractivity contribution < 1.29 is 27.1 Å². The highest BCUT2D eigenvalue weighted by atomic mass is 32.2. The first kappa shape index (κ1) is 21.1. The van der Waals surface area contributed by atoms with Crippen LogP contribution in [0.3, 0.4) is 0 Å². The maximum atomic E-state index is 13.0. The normalized spacial score (nSPS) is 10.9. The van der Waals surface area contributed by atoms with Crippen LogP contribution in [0.2, 0.25) is 0 Å². The number of nitrogens with one attached hydrogen (secondary N) is 2. The van der Waals surface area contributed by atoms with Crippen LogP contribution in [0.5, 0.6) is 11.5 Å². The van der Waals surface area contributed by atoms with Gasteiger partial charge in [0.05, 0.1) is 24.8 Å². The van der Waals surface area contributed by atoms with Gasteiger partial charge in [-0.2, -0.15) is 0 Å². The molecule has 0 saturated heterocycles. The molecule has 1 amide bonds. The summed E-state index contributed by atoms with van der Waals surface area (Å²) in [6.45, 7) is 0. The van der Waals surface area contributed by atoms with Crippen molar-refractivity contribution in [2.45, 2.75) is 4.90 Å². The number of methoxy groups -OCH3 is 2. The van der Waals surface area contributed by atoms with Gasteiger partial charge in [-0.15, -0.1) is 0 Å². The average molecular weight is 430 g/mol. The second-order valence-corrected chi connectivity index (χ2v) is 7.84. The summed E-state index contributed by atoms with van der Waals surface area (Å²) in [5.74, 6) is -0.0443. The molecule has 3 aromatic rings. The molecule has 0 aliphatic rings. The van der Waals surface area contributed by atoms with Crippen molar-refractivity contribution in [3.05, 3.63) is 78.1 Å². The number of hydrogen-bond acceptors (Lipinski definition) is 5. The number of sulfonamides is 1. The Morgan fingerprint density at radius 3 is 2.33 bits per heavy atom. The Balaban J connectivity index is 1.82. The Kier molecular flexibility index (Phi) is 6.22. The van der Waals surface area contributed by atoms with E-state index in [1.165, 1.54) is 50.6 Å². The van der Waals surface area contributed by atoms with E-state index in [-0.39, 0.29) is 16.1 Å². The van der Waals surface area contributed by atoms with Crippen LogP contribution >= 0.6 is 0 Å². The SMILES string of the molecule is COc1ccc(NC(=O)c2cccc(S(=O)(=O)Nc3ccc(F)cc3)c2)c(OC)c1. The molecule has 0 aromatic heterocycles. The van der Waals surface area contributed by atoms with Crippen molar-refractivity contribution in [1.29, 1.82) is 0 Å². The summed E-state index contributed by atoms with van der Waals surface area (Å²) in [5.41, 5.74) is 0.741. The van der Waals surface area contributed by atoms with E-state index in [2.05, 4.69) is 10.0 Å². The zero-order valence-electron chi connectivity index (χ0n) is 16.2. The topological polar surface area (TPSA) is 93.7 Å². The zero-order valence-corrected chi connectivity index (χ0v) is 17.0. The number of carbonyl (C=O) groups is 1. The number of amides is 1. The third-order valence-corrected chi connectivity index (χ3v) is 5.54. The lowest BCUT2D eigenvalue weighted by Crippen LogP contribution is -2.16. The van der Waals surface area contributed by atoms with Crippen LogP contribution in [0.25, 0.3) is 0 Å². The van der Waals surface area contributed by atoms with Gasteiger partial charge >= 0.3 is 0 Å². The summed E-state index contributed by atoms with van der Waals surface area (Å²) >= 11 is 0. The molecule has 2 N–H and O–H groups in total. The molecule has 30 heavy (non-hydrogen) atoms. The van der Waals surface area contributed by atoms with E-state index in [1.54, 1.807) is 18.2 Å². The van der Waals surface area contributed by atoms with Crippen LogP contribution in [-0.4, -0.2) is 28.5 Å². The number of rotatable bonds is 7. The van der Waals surface area contributed by atoms with Gasteiger partial charge in [-0.3, -0.25) is 9.52 Å². The molecule has 3 rings (SSSR count). The molecule has 3 aromatic carbocycles. The third kappa shape index (κ3) is 4.87. The van der Waals surface area contributed by atoms with E-state index < -0.39 is 21.7 Å². The lowest BCUT2D eigenvalue weighted by atomic mass is 10.2. The largest absolute Gasteiger partial charge is 0.497 e. The number of hydrogen-bond donors (Lipinski definition) is 2. The van der Waals surface area contributed by atoms with Crippen LogP contribution in [0.1, 0.15) is 10.4 Å². The van der Waals surface area contributed by atoms with Gasteiger partial charge in [0.1, 0.15) is 17.3 Å². The Morgan fingerprint density at radius 2 is 1.67 bits per heavy atom. The summed E-state index contributed by atoms with van der Waals surface area (Å²) < 4.78 is 51.0. The minimum Gasteiger partial charge on any atom is -0.497 e. The van der Waals surface area contributed by atoms with Crippen molar-refractivity contribution in [1.82, 2.24) is 0 Å². The van der Waals surface area contributed by atoms with Crippen molar-refractivity contribution >= 4 is 27.3 Å². The molecule has 156 valence electrons. The monoisotopic (exact) mass is 430 g/mol. The standard InChI is InChI=1S/C21H19FN2O5S/c1-28-17-10-11-19(20(13-17)29-2)23-21(25)14-4-3-5-18(12-14)30(26,27)24-16-8-6-15(22)7-9-16/h3-13,24H,1-2H3,(H,23,25). The van der Waals surface area contributed by atoms with Gasteiger partial charge in [-0.05, 0) is 54.6 Å². The molecule has 0 aliphatic carbocycles. The van der Waals surface area contributed by atoms with E-state index in [1.807, 2.05) is 0 Å². The summed E-state index contributed by atoms with van der Waals surface area (Å²) in [5, 5.41) is 2.69. The van der Waals surface area contributed by atoms with Gasteiger partial charge in [0.2, 0.25) is 0 Å². The third-order valence-electron chi connectivity index (χ3n) is 4.16. The van der Waals surface area contributed by atoms with E-state index >= 15 is 0 Å². The van der Waals surface area contributed by atoms with E-state index in [4.69, 9.17) is 9.47 Å². The van der Waals surface area contributed by atoms with Gasteiger partial charge in [0, 0.05) is 17.3 Å². The lowest BCUT2D eigenvalue weighted by molar-refractivity contribution is 0.102. The highest BCUT2D eigenvalue weighted by Crippen LogP contribution is 2.29. The molecule has 0 fully saturated rings. The molecular formula is C21H19FN2O5S. The minimum absolute atomic E-state index is 0.110. The average Bonchev–Trinajstić information content (AvgIpc) is 2.75. The molecule has 0 radical (unpaired) electrons. The highest BCUT2D eigenvalue weighted by Gasteiger charge is 2.17. The van der Waals surface area contributed by atoms with Gasteiger partial charge in [-0.1, -0.05) is 6.07 Å². The highest BCUT2D eigenvalue weighted by molar-refractivity contribution is 7.92. The van der Waals surface area contributed by atoms with Crippen LogP contribution in [0.4, 0.5) is 15.8 Å². The van der Waals surface area contributed by atoms with Gasteiger partial charge in [-0.25, -0.2) is 12.8 Å². The maximum absolute atomic E-state index is 13.0. The quantitative estimate of drug-likeness (QED) is 0.593. The Bertz CT molecular complexity index is 1160. The molecule has 0 unspecified atom stereocenters. The van der Waals surface area contributed by atoms with Crippen molar-refractivity contribution in [2.75, 3.05) is 24.3 Å². The first-order valence-electron chi connectivity index (χ1n) is 8.74. The van der Waals surface area contributed by atoms with E-state index in [0.717, 1.165) is 12.1 Å². The minimum atomic E-state index is -3.97. The van der Waals surface area contributed by atoms with E-state index in [9.17, 15) is 17.6 Å². The zero-order chi connectivity index (χ0) is 21.7. The fourth-order valence-electron chi connectivity index (χ4n) is 2.63. The lowest BCUT2D eigenvalue weighted by Gasteiger charge is -2.12.